The van der Waals surface area contributed by atoms with E-state index >= 15 is 0 Å². The van der Waals surface area contributed by atoms with Crippen LogP contribution >= 0.6 is 0 Å². The number of urea groups is 1. The van der Waals surface area contributed by atoms with Crippen LogP contribution in [0.15, 0.2) is 18.2 Å². The van der Waals surface area contributed by atoms with Gasteiger partial charge in [-0.1, -0.05) is 12.5 Å². The van der Waals surface area contributed by atoms with E-state index in [9.17, 15) is 4.79 Å². The van der Waals surface area contributed by atoms with E-state index in [1.807, 2.05) is 30.0 Å². The molecule has 0 spiro atoms. The zero-order valence-electron chi connectivity index (χ0n) is 16.0. The molecule has 2 heterocycles. The summed E-state index contributed by atoms with van der Waals surface area (Å²) in [6, 6.07) is 6.34. The van der Waals surface area contributed by atoms with Crippen LogP contribution < -0.4 is 14.8 Å². The maximum absolute atomic E-state index is 12.5. The van der Waals surface area contributed by atoms with Gasteiger partial charge in [-0.15, -0.1) is 0 Å². The Morgan fingerprint density at radius 2 is 2.00 bits per heavy atom. The Labute approximate surface area is 156 Å². The minimum absolute atomic E-state index is 0.0262. The van der Waals surface area contributed by atoms with Gasteiger partial charge in [0, 0.05) is 25.7 Å². The summed E-state index contributed by atoms with van der Waals surface area (Å²) < 4.78 is 10.9. The summed E-state index contributed by atoms with van der Waals surface area (Å²) in [7, 11) is 1.63. The molecule has 1 unspecified atom stereocenters. The van der Waals surface area contributed by atoms with Gasteiger partial charge in [0.15, 0.2) is 11.5 Å². The van der Waals surface area contributed by atoms with E-state index in [1.165, 1.54) is 32.4 Å². The maximum Gasteiger partial charge on any atom is 0.317 e. The van der Waals surface area contributed by atoms with Crippen LogP contribution in [0.4, 0.5) is 4.79 Å². The van der Waals surface area contributed by atoms with Gasteiger partial charge in [0.1, 0.15) is 0 Å². The molecule has 0 saturated carbocycles. The molecule has 2 fully saturated rings. The van der Waals surface area contributed by atoms with Crippen LogP contribution in [0.2, 0.25) is 0 Å². The Balaban J connectivity index is 1.50. The van der Waals surface area contributed by atoms with Crippen LogP contribution in [0.25, 0.3) is 0 Å². The SMILES string of the molecule is CCOc1cc(CNC(=O)N2CCC(N3CCCCC3)C2)ccc1OC. The number of carbonyl (C=O) groups is 1. The van der Waals surface area contributed by atoms with Crippen LogP contribution in [-0.2, 0) is 6.54 Å². The van der Waals surface area contributed by atoms with Gasteiger partial charge in [0.05, 0.1) is 13.7 Å². The van der Waals surface area contributed by atoms with E-state index < -0.39 is 0 Å². The number of carbonyl (C=O) groups excluding carboxylic acids is 1. The van der Waals surface area contributed by atoms with Crippen molar-refractivity contribution >= 4 is 6.03 Å². The number of amides is 2. The molecular weight excluding hydrogens is 330 g/mol. The van der Waals surface area contributed by atoms with E-state index in [-0.39, 0.29) is 6.03 Å². The molecule has 1 aromatic rings. The van der Waals surface area contributed by atoms with Crippen molar-refractivity contribution in [1.82, 2.24) is 15.1 Å². The molecule has 6 nitrogen and oxygen atoms in total. The molecule has 2 aliphatic heterocycles. The smallest absolute Gasteiger partial charge is 0.317 e. The summed E-state index contributed by atoms with van der Waals surface area (Å²) in [5, 5.41) is 3.04. The quantitative estimate of drug-likeness (QED) is 0.847. The number of benzene rings is 1. The number of nitrogens with zero attached hydrogens (tertiary/aromatic N) is 2. The average Bonchev–Trinajstić information content (AvgIpc) is 3.17. The second-order valence-electron chi connectivity index (χ2n) is 7.06. The predicted octanol–water partition coefficient (Wildman–Crippen LogP) is 2.86. The Morgan fingerprint density at radius 1 is 1.19 bits per heavy atom. The normalized spacial score (nSPS) is 20.8. The molecular formula is C20H31N3O3. The van der Waals surface area contributed by atoms with Gasteiger partial charge in [-0.05, 0) is 57.0 Å². The molecule has 144 valence electrons. The van der Waals surface area contributed by atoms with E-state index in [2.05, 4.69) is 10.2 Å². The summed E-state index contributed by atoms with van der Waals surface area (Å²) >= 11 is 0. The van der Waals surface area contributed by atoms with E-state index in [0.29, 0.717) is 30.7 Å². The molecule has 1 atom stereocenters. The first-order chi connectivity index (χ1) is 12.7. The van der Waals surface area contributed by atoms with E-state index in [4.69, 9.17) is 9.47 Å². The van der Waals surface area contributed by atoms with Crippen molar-refractivity contribution in [3.8, 4) is 11.5 Å². The largest absolute Gasteiger partial charge is 0.493 e. The molecule has 0 radical (unpaired) electrons. The molecule has 2 amide bonds. The molecule has 0 bridgehead atoms. The van der Waals surface area contributed by atoms with Crippen LogP contribution in [0.5, 0.6) is 11.5 Å². The first-order valence-corrected chi connectivity index (χ1v) is 9.77. The monoisotopic (exact) mass is 361 g/mol. The van der Waals surface area contributed by atoms with Crippen LogP contribution in [-0.4, -0.2) is 61.8 Å². The van der Waals surface area contributed by atoms with E-state index in [0.717, 1.165) is 25.1 Å². The Bertz CT molecular complexity index is 602. The second-order valence-corrected chi connectivity index (χ2v) is 7.06. The molecule has 2 saturated heterocycles. The van der Waals surface area contributed by atoms with Gasteiger partial charge in [-0.2, -0.15) is 0 Å². The fourth-order valence-corrected chi connectivity index (χ4v) is 3.90. The van der Waals surface area contributed by atoms with Gasteiger partial charge in [0.25, 0.3) is 0 Å². The van der Waals surface area contributed by atoms with Gasteiger partial charge in [0.2, 0.25) is 0 Å². The third-order valence-electron chi connectivity index (χ3n) is 5.33. The summed E-state index contributed by atoms with van der Waals surface area (Å²) in [4.78, 5) is 17.0. The lowest BCUT2D eigenvalue weighted by atomic mass is 10.1. The molecule has 2 aliphatic rings. The predicted molar refractivity (Wildman–Crippen MR) is 102 cm³/mol. The highest BCUT2D eigenvalue weighted by atomic mass is 16.5. The first kappa shape index (κ1) is 18.8. The van der Waals surface area contributed by atoms with Gasteiger partial charge in [-0.25, -0.2) is 4.79 Å². The lowest BCUT2D eigenvalue weighted by molar-refractivity contribution is 0.161. The number of likely N-dealkylation sites (tertiary alicyclic amines) is 2. The third kappa shape index (κ3) is 4.61. The molecule has 0 aromatic heterocycles. The Kier molecular flexibility index (Phi) is 6.61. The molecule has 1 aromatic carbocycles. The van der Waals surface area contributed by atoms with Crippen molar-refractivity contribution in [2.45, 2.75) is 45.2 Å². The van der Waals surface area contributed by atoms with Crippen LogP contribution in [0.3, 0.4) is 0 Å². The van der Waals surface area contributed by atoms with Crippen LogP contribution in [0, 0.1) is 0 Å². The van der Waals surface area contributed by atoms with Crippen molar-refractivity contribution in [3.05, 3.63) is 23.8 Å². The number of piperidine rings is 1. The topological polar surface area (TPSA) is 54.0 Å². The number of rotatable bonds is 6. The van der Waals surface area contributed by atoms with Gasteiger partial charge in [-0.3, -0.25) is 4.90 Å². The lowest BCUT2D eigenvalue weighted by Crippen LogP contribution is -2.43. The molecule has 0 aliphatic carbocycles. The highest BCUT2D eigenvalue weighted by Gasteiger charge is 2.30. The standard InChI is InChI=1S/C20H31N3O3/c1-3-26-19-13-16(7-8-18(19)25-2)14-21-20(24)23-12-9-17(15-23)22-10-5-4-6-11-22/h7-8,13,17H,3-6,9-12,14-15H2,1-2H3,(H,21,24). The van der Waals surface area contributed by atoms with Gasteiger partial charge >= 0.3 is 6.03 Å². The highest BCUT2D eigenvalue weighted by Crippen LogP contribution is 2.28. The Hall–Kier alpha value is -1.95. The summed E-state index contributed by atoms with van der Waals surface area (Å²) in [5.74, 6) is 1.43. The average molecular weight is 361 g/mol. The summed E-state index contributed by atoms with van der Waals surface area (Å²) in [6.07, 6.45) is 5.02. The minimum Gasteiger partial charge on any atom is -0.493 e. The lowest BCUT2D eigenvalue weighted by Gasteiger charge is -2.32. The number of nitrogens with one attached hydrogen (secondary N) is 1. The Morgan fingerprint density at radius 3 is 2.73 bits per heavy atom. The zero-order valence-corrected chi connectivity index (χ0v) is 16.0. The van der Waals surface area contributed by atoms with Crippen molar-refractivity contribution in [2.24, 2.45) is 0 Å². The van der Waals surface area contributed by atoms with Crippen molar-refractivity contribution in [3.63, 3.8) is 0 Å². The minimum atomic E-state index is 0.0262. The molecule has 1 N–H and O–H groups in total. The number of methoxy groups -OCH3 is 1. The van der Waals surface area contributed by atoms with Crippen molar-refractivity contribution in [1.29, 1.82) is 0 Å². The zero-order chi connectivity index (χ0) is 18.4. The highest BCUT2D eigenvalue weighted by molar-refractivity contribution is 5.74. The third-order valence-corrected chi connectivity index (χ3v) is 5.33. The maximum atomic E-state index is 12.5. The molecule has 6 heteroatoms. The van der Waals surface area contributed by atoms with Crippen molar-refractivity contribution < 1.29 is 14.3 Å². The number of hydrogen-bond acceptors (Lipinski definition) is 4. The summed E-state index contributed by atoms with van der Waals surface area (Å²) in [6.45, 7) is 7.09. The summed E-state index contributed by atoms with van der Waals surface area (Å²) in [5.41, 5.74) is 1.01. The molecule has 3 rings (SSSR count). The number of hydrogen-bond donors (Lipinski definition) is 1. The molecule has 26 heavy (non-hydrogen) atoms. The second kappa shape index (κ2) is 9.12. The van der Waals surface area contributed by atoms with Crippen LogP contribution in [0.1, 0.15) is 38.2 Å². The fourth-order valence-electron chi connectivity index (χ4n) is 3.90. The van der Waals surface area contributed by atoms with E-state index in [1.54, 1.807) is 7.11 Å². The first-order valence-electron chi connectivity index (χ1n) is 9.77. The van der Waals surface area contributed by atoms with Crippen molar-refractivity contribution in [2.75, 3.05) is 39.9 Å². The fraction of sp³-hybridized carbons (Fsp3) is 0.650. The number of ether oxygens (including phenoxy) is 2. The van der Waals surface area contributed by atoms with Gasteiger partial charge < -0.3 is 19.7 Å².